The number of nitrogens with zero attached hydrogens (tertiary/aromatic N) is 2. The van der Waals surface area contributed by atoms with Gasteiger partial charge in [0.05, 0.1) is 12.2 Å². The Hall–Kier alpha value is -1.34. The molecule has 0 aromatic carbocycles. The van der Waals surface area contributed by atoms with Gasteiger partial charge in [0.1, 0.15) is 10.6 Å². The van der Waals surface area contributed by atoms with Crippen LogP contribution >= 0.6 is 11.5 Å². The van der Waals surface area contributed by atoms with Gasteiger partial charge in [-0.1, -0.05) is 0 Å². The van der Waals surface area contributed by atoms with E-state index in [1.165, 1.54) is 11.5 Å². The number of morpholine rings is 1. The van der Waals surface area contributed by atoms with Crippen molar-refractivity contribution in [2.45, 2.75) is 26.1 Å². The number of ether oxygens (including phenoxy) is 1. The maximum atomic E-state index is 11.8. The molecular weight excluding hydrogens is 252 g/mol. The third-order valence-corrected chi connectivity index (χ3v) is 3.78. The molecule has 7 heteroatoms. The van der Waals surface area contributed by atoms with E-state index >= 15 is 0 Å². The number of amides is 1. The Labute approximate surface area is 110 Å². The van der Waals surface area contributed by atoms with Crippen LogP contribution in [0.25, 0.3) is 0 Å². The van der Waals surface area contributed by atoms with E-state index in [0.717, 1.165) is 18.1 Å². The van der Waals surface area contributed by atoms with Crippen molar-refractivity contribution < 1.29 is 9.53 Å². The maximum absolute atomic E-state index is 11.8. The molecule has 1 aliphatic heterocycles. The normalized spacial score (nSPS) is 24.1. The lowest BCUT2D eigenvalue weighted by Gasteiger charge is -2.36. The minimum absolute atomic E-state index is 0.134. The highest BCUT2D eigenvalue weighted by molar-refractivity contribution is 7.11. The first kappa shape index (κ1) is 13.1. The van der Waals surface area contributed by atoms with Crippen molar-refractivity contribution in [2.75, 3.05) is 30.8 Å². The number of aromatic nitrogens is 1. The number of nitrogen functional groups attached to an aromatic ring is 1. The van der Waals surface area contributed by atoms with Gasteiger partial charge in [0.15, 0.2) is 5.82 Å². The van der Waals surface area contributed by atoms with Gasteiger partial charge in [-0.25, -0.2) is 0 Å². The highest BCUT2D eigenvalue weighted by atomic mass is 32.1. The van der Waals surface area contributed by atoms with E-state index < -0.39 is 0 Å². The third-order valence-electron chi connectivity index (χ3n) is 2.86. The van der Waals surface area contributed by atoms with E-state index in [4.69, 9.17) is 10.5 Å². The zero-order chi connectivity index (χ0) is 13.3. The number of nitrogens with one attached hydrogen (secondary N) is 1. The van der Waals surface area contributed by atoms with Crippen LogP contribution in [0.4, 0.5) is 10.8 Å². The lowest BCUT2D eigenvalue weighted by Crippen LogP contribution is -2.45. The fourth-order valence-corrected chi connectivity index (χ4v) is 3.02. The van der Waals surface area contributed by atoms with Crippen LogP contribution < -0.4 is 16.0 Å². The molecule has 2 rings (SSSR count). The molecule has 2 atom stereocenters. The minimum Gasteiger partial charge on any atom is -0.382 e. The van der Waals surface area contributed by atoms with Gasteiger partial charge in [0, 0.05) is 20.1 Å². The summed E-state index contributed by atoms with van der Waals surface area (Å²) in [7, 11) is 1.59. The molecule has 0 aliphatic carbocycles. The monoisotopic (exact) mass is 270 g/mol. The highest BCUT2D eigenvalue weighted by Crippen LogP contribution is 2.32. The molecule has 1 saturated heterocycles. The van der Waals surface area contributed by atoms with E-state index in [2.05, 4.69) is 14.6 Å². The van der Waals surface area contributed by atoms with Crippen LogP contribution in [0.2, 0.25) is 0 Å². The van der Waals surface area contributed by atoms with Gasteiger partial charge in [-0.2, -0.15) is 4.37 Å². The van der Waals surface area contributed by atoms with Gasteiger partial charge in [-0.3, -0.25) is 4.79 Å². The van der Waals surface area contributed by atoms with Gasteiger partial charge in [0.2, 0.25) is 0 Å². The van der Waals surface area contributed by atoms with E-state index in [0.29, 0.717) is 11.4 Å². The van der Waals surface area contributed by atoms with E-state index in [-0.39, 0.29) is 18.1 Å². The zero-order valence-electron chi connectivity index (χ0n) is 10.8. The standard InChI is InChI=1S/C11H18N4O2S/c1-6-4-15(5-7(2)17-6)11-8(10(16)13-3)9(12)14-18-11/h6-7H,4-5H2,1-3H3,(H2,12,14)(H,13,16). The topological polar surface area (TPSA) is 80.5 Å². The van der Waals surface area contributed by atoms with E-state index in [9.17, 15) is 4.79 Å². The minimum atomic E-state index is -0.192. The summed E-state index contributed by atoms with van der Waals surface area (Å²) in [6.45, 7) is 5.53. The molecule has 2 unspecified atom stereocenters. The summed E-state index contributed by atoms with van der Waals surface area (Å²) in [5.74, 6) is 0.101. The first-order valence-corrected chi connectivity index (χ1v) is 6.68. The van der Waals surface area contributed by atoms with Crippen LogP contribution in [0.15, 0.2) is 0 Å². The Morgan fingerprint density at radius 3 is 2.67 bits per heavy atom. The van der Waals surface area contributed by atoms with Crippen LogP contribution in [0.1, 0.15) is 24.2 Å². The van der Waals surface area contributed by atoms with Gasteiger partial charge < -0.3 is 20.7 Å². The summed E-state index contributed by atoms with van der Waals surface area (Å²) < 4.78 is 9.77. The first-order chi connectivity index (χ1) is 8.52. The van der Waals surface area contributed by atoms with Crippen molar-refractivity contribution in [3.8, 4) is 0 Å². The van der Waals surface area contributed by atoms with E-state index in [1.807, 2.05) is 13.8 Å². The molecule has 18 heavy (non-hydrogen) atoms. The Morgan fingerprint density at radius 1 is 1.50 bits per heavy atom. The Bertz CT molecular complexity index is 438. The number of carbonyl (C=O) groups is 1. The van der Waals surface area contributed by atoms with Gasteiger partial charge in [-0.15, -0.1) is 0 Å². The molecule has 2 heterocycles. The molecule has 0 radical (unpaired) electrons. The summed E-state index contributed by atoms with van der Waals surface area (Å²) >= 11 is 1.26. The van der Waals surface area contributed by atoms with Crippen molar-refractivity contribution in [3.63, 3.8) is 0 Å². The average Bonchev–Trinajstić information content (AvgIpc) is 2.69. The molecule has 6 nitrogen and oxygen atoms in total. The second-order valence-corrected chi connectivity index (χ2v) is 5.24. The number of hydrogen-bond acceptors (Lipinski definition) is 6. The quantitative estimate of drug-likeness (QED) is 0.827. The fraction of sp³-hybridized carbons (Fsp3) is 0.636. The Kier molecular flexibility index (Phi) is 3.72. The predicted molar refractivity (Wildman–Crippen MR) is 72.1 cm³/mol. The number of rotatable bonds is 2. The van der Waals surface area contributed by atoms with Crippen LogP contribution in [0, 0.1) is 0 Å². The van der Waals surface area contributed by atoms with Crippen molar-refractivity contribution in [3.05, 3.63) is 5.56 Å². The summed E-state index contributed by atoms with van der Waals surface area (Å²) in [6, 6.07) is 0. The zero-order valence-corrected chi connectivity index (χ0v) is 11.6. The summed E-state index contributed by atoms with van der Waals surface area (Å²) in [6.07, 6.45) is 0.268. The summed E-state index contributed by atoms with van der Waals surface area (Å²) in [5.41, 5.74) is 6.25. The molecule has 1 aromatic rings. The second kappa shape index (κ2) is 5.11. The molecule has 0 bridgehead atoms. The lowest BCUT2D eigenvalue weighted by molar-refractivity contribution is -0.00505. The summed E-state index contributed by atoms with van der Waals surface area (Å²) in [4.78, 5) is 14.0. The number of hydrogen-bond donors (Lipinski definition) is 2. The van der Waals surface area contributed by atoms with Gasteiger partial charge >= 0.3 is 0 Å². The van der Waals surface area contributed by atoms with Crippen LogP contribution in [-0.2, 0) is 4.74 Å². The second-order valence-electron chi connectivity index (χ2n) is 4.49. The number of anilines is 2. The molecule has 1 aromatic heterocycles. The van der Waals surface area contributed by atoms with Crippen molar-refractivity contribution in [1.82, 2.24) is 9.69 Å². The first-order valence-electron chi connectivity index (χ1n) is 5.90. The Balaban J connectivity index is 2.30. The van der Waals surface area contributed by atoms with E-state index in [1.54, 1.807) is 7.05 Å². The molecule has 1 fully saturated rings. The van der Waals surface area contributed by atoms with Crippen molar-refractivity contribution >= 4 is 28.3 Å². The predicted octanol–water partition coefficient (Wildman–Crippen LogP) is 0.698. The van der Waals surface area contributed by atoms with Crippen LogP contribution in [-0.4, -0.2) is 42.6 Å². The number of nitrogens with two attached hydrogens (primary N) is 1. The van der Waals surface area contributed by atoms with Crippen LogP contribution in [0.3, 0.4) is 0 Å². The molecular formula is C11H18N4O2S. The van der Waals surface area contributed by atoms with Gasteiger partial charge in [0.25, 0.3) is 5.91 Å². The lowest BCUT2D eigenvalue weighted by atomic mass is 10.2. The fourth-order valence-electron chi connectivity index (χ4n) is 2.19. The molecule has 3 N–H and O–H groups in total. The number of carbonyl (C=O) groups excluding carboxylic acids is 1. The molecule has 1 aliphatic rings. The molecule has 100 valence electrons. The molecule has 0 spiro atoms. The van der Waals surface area contributed by atoms with Crippen LogP contribution in [0.5, 0.6) is 0 Å². The average molecular weight is 270 g/mol. The maximum Gasteiger partial charge on any atom is 0.257 e. The molecule has 1 amide bonds. The SMILES string of the molecule is CNC(=O)c1c(N)nsc1N1CC(C)OC(C)C1. The summed E-state index contributed by atoms with van der Waals surface area (Å²) in [5, 5.41) is 3.43. The van der Waals surface area contributed by atoms with Gasteiger partial charge in [-0.05, 0) is 25.4 Å². The van der Waals surface area contributed by atoms with Crippen molar-refractivity contribution in [2.24, 2.45) is 0 Å². The Morgan fingerprint density at radius 2 is 2.11 bits per heavy atom. The largest absolute Gasteiger partial charge is 0.382 e. The van der Waals surface area contributed by atoms with Crippen molar-refractivity contribution in [1.29, 1.82) is 0 Å². The third kappa shape index (κ3) is 2.41. The smallest absolute Gasteiger partial charge is 0.257 e. The highest BCUT2D eigenvalue weighted by Gasteiger charge is 2.28. The molecule has 0 saturated carbocycles.